The van der Waals surface area contributed by atoms with E-state index in [4.69, 9.17) is 9.47 Å². The summed E-state index contributed by atoms with van der Waals surface area (Å²) in [5, 5.41) is 17.1. The predicted octanol–water partition coefficient (Wildman–Crippen LogP) is 2.72. The van der Waals surface area contributed by atoms with Crippen LogP contribution in [0.25, 0.3) is 0 Å². The molecule has 0 saturated heterocycles. The summed E-state index contributed by atoms with van der Waals surface area (Å²) in [4.78, 5) is 12.9. The standard InChI is InChI=1S/C28H43N3O6S/c1-5-14-31(15-6-2)38(34,35)16-13-28(33)30-26(19-22-9-7-11-24(17-22)36-3)27(32)21-29-20-23-10-8-12-25(18-23)37-4/h7-12,17-18,26-27,29,32H,5-6,13-16,19-21H2,1-4H3,(H,30,33)/t26-,27+/m0/s1. The van der Waals surface area contributed by atoms with Gasteiger partial charge in [-0.3, -0.25) is 4.79 Å². The number of hydrogen-bond acceptors (Lipinski definition) is 7. The van der Waals surface area contributed by atoms with Gasteiger partial charge in [-0.15, -0.1) is 0 Å². The molecular formula is C28H43N3O6S. The third kappa shape index (κ3) is 10.6. The minimum Gasteiger partial charge on any atom is -0.497 e. The number of aliphatic hydroxyl groups excluding tert-OH is 1. The smallest absolute Gasteiger partial charge is 0.221 e. The first-order chi connectivity index (χ1) is 18.2. The van der Waals surface area contributed by atoms with Crippen LogP contribution in [-0.2, 0) is 27.8 Å². The van der Waals surface area contributed by atoms with E-state index in [0.717, 1.165) is 16.9 Å². The van der Waals surface area contributed by atoms with Crippen LogP contribution in [0.4, 0.5) is 0 Å². The zero-order valence-electron chi connectivity index (χ0n) is 23.0. The van der Waals surface area contributed by atoms with Crippen molar-refractivity contribution in [1.29, 1.82) is 0 Å². The summed E-state index contributed by atoms with van der Waals surface area (Å²) in [6.07, 6.45) is 0.691. The van der Waals surface area contributed by atoms with Gasteiger partial charge in [-0.05, 0) is 54.7 Å². The first kappa shape index (κ1) is 31.6. The van der Waals surface area contributed by atoms with E-state index in [1.54, 1.807) is 14.2 Å². The molecule has 0 fully saturated rings. The molecule has 0 radical (unpaired) electrons. The second kappa shape index (κ2) is 16.3. The molecule has 38 heavy (non-hydrogen) atoms. The van der Waals surface area contributed by atoms with E-state index in [9.17, 15) is 18.3 Å². The Kier molecular flexibility index (Phi) is 13.6. The molecule has 0 aliphatic rings. The average Bonchev–Trinajstić information content (AvgIpc) is 2.91. The lowest BCUT2D eigenvalue weighted by molar-refractivity contribution is -0.122. The summed E-state index contributed by atoms with van der Waals surface area (Å²) in [5.41, 5.74) is 1.88. The van der Waals surface area contributed by atoms with Gasteiger partial charge in [-0.1, -0.05) is 38.1 Å². The van der Waals surface area contributed by atoms with Crippen molar-refractivity contribution in [2.75, 3.05) is 39.6 Å². The average molecular weight is 550 g/mol. The van der Waals surface area contributed by atoms with Crippen molar-refractivity contribution in [1.82, 2.24) is 14.9 Å². The fourth-order valence-corrected chi connectivity index (χ4v) is 5.77. The quantitative estimate of drug-likeness (QED) is 0.262. The van der Waals surface area contributed by atoms with Crippen LogP contribution >= 0.6 is 0 Å². The maximum absolute atomic E-state index is 12.9. The fraction of sp³-hybridized carbons (Fsp3) is 0.536. The molecule has 2 rings (SSSR count). The Bertz CT molecular complexity index is 1090. The Morgan fingerprint density at radius 1 is 0.974 bits per heavy atom. The first-order valence-electron chi connectivity index (χ1n) is 13.1. The molecule has 2 aromatic carbocycles. The molecule has 2 aromatic rings. The lowest BCUT2D eigenvalue weighted by Crippen LogP contribution is -2.49. The van der Waals surface area contributed by atoms with Crippen LogP contribution in [0.3, 0.4) is 0 Å². The Labute approximate surface area is 227 Å². The van der Waals surface area contributed by atoms with E-state index >= 15 is 0 Å². The normalized spacial score (nSPS) is 13.2. The topological polar surface area (TPSA) is 117 Å². The third-order valence-corrected chi connectivity index (χ3v) is 8.02. The Morgan fingerprint density at radius 2 is 1.55 bits per heavy atom. The number of sulfonamides is 1. The number of carbonyl (C=O) groups is 1. The van der Waals surface area contributed by atoms with Gasteiger partial charge in [-0.25, -0.2) is 12.7 Å². The van der Waals surface area contributed by atoms with Crippen molar-refractivity contribution >= 4 is 15.9 Å². The van der Waals surface area contributed by atoms with Crippen LogP contribution in [0.2, 0.25) is 0 Å². The zero-order chi connectivity index (χ0) is 28.0. The van der Waals surface area contributed by atoms with Crippen molar-refractivity contribution < 1.29 is 27.8 Å². The van der Waals surface area contributed by atoms with Gasteiger partial charge in [0.2, 0.25) is 15.9 Å². The number of methoxy groups -OCH3 is 2. The van der Waals surface area contributed by atoms with Crippen molar-refractivity contribution in [2.45, 2.75) is 58.2 Å². The highest BCUT2D eigenvalue weighted by atomic mass is 32.2. The largest absolute Gasteiger partial charge is 0.497 e. The van der Waals surface area contributed by atoms with Gasteiger partial charge in [-0.2, -0.15) is 0 Å². The predicted molar refractivity (Wildman–Crippen MR) is 150 cm³/mol. The molecular weight excluding hydrogens is 506 g/mol. The minimum atomic E-state index is -3.55. The van der Waals surface area contributed by atoms with Crippen LogP contribution in [0.15, 0.2) is 48.5 Å². The molecule has 3 N–H and O–H groups in total. The van der Waals surface area contributed by atoms with E-state index < -0.39 is 28.1 Å². The van der Waals surface area contributed by atoms with Crippen molar-refractivity contribution in [2.24, 2.45) is 0 Å². The van der Waals surface area contributed by atoms with Crippen LogP contribution in [0.1, 0.15) is 44.2 Å². The van der Waals surface area contributed by atoms with Crippen LogP contribution < -0.4 is 20.1 Å². The number of aliphatic hydroxyl groups is 1. The summed E-state index contributed by atoms with van der Waals surface area (Å²) in [6, 6.07) is 14.4. The Balaban J connectivity index is 2.05. The Morgan fingerprint density at radius 3 is 2.13 bits per heavy atom. The molecule has 10 heteroatoms. The molecule has 212 valence electrons. The molecule has 0 aromatic heterocycles. The van der Waals surface area contributed by atoms with E-state index in [1.807, 2.05) is 62.4 Å². The number of amides is 1. The van der Waals surface area contributed by atoms with Gasteiger partial charge >= 0.3 is 0 Å². The molecule has 2 atom stereocenters. The molecule has 9 nitrogen and oxygen atoms in total. The summed E-state index contributed by atoms with van der Waals surface area (Å²) in [5.74, 6) is 0.742. The highest BCUT2D eigenvalue weighted by molar-refractivity contribution is 7.89. The van der Waals surface area contributed by atoms with Gasteiger partial charge in [0.1, 0.15) is 11.5 Å². The van der Waals surface area contributed by atoms with Gasteiger partial charge in [0.25, 0.3) is 0 Å². The van der Waals surface area contributed by atoms with Crippen LogP contribution in [0.5, 0.6) is 11.5 Å². The summed E-state index contributed by atoms with van der Waals surface area (Å²) >= 11 is 0. The molecule has 0 aliphatic carbocycles. The number of nitrogens with one attached hydrogen (secondary N) is 2. The van der Waals surface area contributed by atoms with E-state index in [1.165, 1.54) is 4.31 Å². The highest BCUT2D eigenvalue weighted by Crippen LogP contribution is 2.16. The van der Waals surface area contributed by atoms with E-state index in [0.29, 0.717) is 44.6 Å². The lowest BCUT2D eigenvalue weighted by atomic mass is 10.0. The summed E-state index contributed by atoms with van der Waals surface area (Å²) in [7, 11) is -0.356. The molecule has 0 unspecified atom stereocenters. The maximum atomic E-state index is 12.9. The monoisotopic (exact) mass is 549 g/mol. The number of nitrogens with zero attached hydrogens (tertiary/aromatic N) is 1. The van der Waals surface area contributed by atoms with Gasteiger partial charge < -0.3 is 25.2 Å². The molecule has 0 saturated carbocycles. The van der Waals surface area contributed by atoms with Crippen LogP contribution in [0, 0.1) is 0 Å². The van der Waals surface area contributed by atoms with E-state index in [2.05, 4.69) is 10.6 Å². The lowest BCUT2D eigenvalue weighted by Gasteiger charge is -2.25. The van der Waals surface area contributed by atoms with Gasteiger partial charge in [0, 0.05) is 32.6 Å². The second-order valence-corrected chi connectivity index (χ2v) is 11.3. The SMILES string of the molecule is CCCN(CCC)S(=O)(=O)CCC(=O)N[C@@H](Cc1cccc(OC)c1)[C@H](O)CNCc1cccc(OC)c1. The molecule has 0 aliphatic heterocycles. The van der Waals surface area contributed by atoms with Crippen molar-refractivity contribution in [3.05, 3.63) is 59.7 Å². The number of ether oxygens (including phenoxy) is 2. The highest BCUT2D eigenvalue weighted by Gasteiger charge is 2.25. The van der Waals surface area contributed by atoms with Crippen LogP contribution in [-0.4, -0.2) is 75.5 Å². The molecule has 0 heterocycles. The molecule has 0 spiro atoms. The van der Waals surface area contributed by atoms with E-state index in [-0.39, 0.29) is 18.7 Å². The van der Waals surface area contributed by atoms with Crippen molar-refractivity contribution in [3.63, 3.8) is 0 Å². The summed E-state index contributed by atoms with van der Waals surface area (Å²) < 4.78 is 37.6. The maximum Gasteiger partial charge on any atom is 0.221 e. The number of hydrogen-bond donors (Lipinski definition) is 3. The second-order valence-electron chi connectivity index (χ2n) is 9.24. The van der Waals surface area contributed by atoms with Crippen molar-refractivity contribution in [3.8, 4) is 11.5 Å². The van der Waals surface area contributed by atoms with Gasteiger partial charge in [0.15, 0.2) is 0 Å². The molecule has 1 amide bonds. The molecule has 0 bridgehead atoms. The minimum absolute atomic E-state index is 0.176. The van der Waals surface area contributed by atoms with Gasteiger partial charge in [0.05, 0.1) is 32.1 Å². The summed E-state index contributed by atoms with van der Waals surface area (Å²) in [6.45, 7) is 5.47. The zero-order valence-corrected chi connectivity index (χ0v) is 23.8. The Hall–Kier alpha value is -2.66. The first-order valence-corrected chi connectivity index (χ1v) is 14.7. The number of carbonyl (C=O) groups excluding carboxylic acids is 1. The fourth-order valence-electron chi connectivity index (χ4n) is 4.14. The number of rotatable bonds is 18. The third-order valence-electron chi connectivity index (χ3n) is 6.14. The number of benzene rings is 2.